The van der Waals surface area contributed by atoms with Crippen molar-refractivity contribution in [2.75, 3.05) is 13.7 Å². The van der Waals surface area contributed by atoms with Crippen molar-refractivity contribution >= 4 is 0 Å². The largest absolute Gasteiger partial charge is 0.359 e. The Bertz CT molecular complexity index is 91.3. The molecule has 0 aromatic carbocycles. The second-order valence-corrected chi connectivity index (χ2v) is 2.58. The number of hydrogen-bond acceptors (Lipinski definition) is 2. The molecule has 1 unspecified atom stereocenters. The number of ether oxygens (including phenoxy) is 1. The summed E-state index contributed by atoms with van der Waals surface area (Å²) in [5.41, 5.74) is 0. The van der Waals surface area contributed by atoms with Gasteiger partial charge in [-0.25, -0.2) is 0 Å². The first-order chi connectivity index (χ1) is 4.72. The van der Waals surface area contributed by atoms with Crippen LogP contribution in [0.4, 0.5) is 0 Å². The van der Waals surface area contributed by atoms with Gasteiger partial charge < -0.3 is 4.74 Å². The van der Waals surface area contributed by atoms with E-state index in [0.29, 0.717) is 12.5 Å². The molecule has 0 aromatic heterocycles. The van der Waals surface area contributed by atoms with Crippen LogP contribution < -0.4 is 5.32 Å². The molecule has 0 fully saturated rings. The van der Waals surface area contributed by atoms with E-state index in [0.717, 1.165) is 0 Å². The quantitative estimate of drug-likeness (QED) is 0.464. The van der Waals surface area contributed by atoms with Crippen LogP contribution in [0.2, 0.25) is 0 Å². The monoisotopic (exact) mass is 143 g/mol. The molecule has 10 heavy (non-hydrogen) atoms. The third-order valence-electron chi connectivity index (χ3n) is 1.28. The maximum atomic E-state index is 5.37. The Hall–Kier alpha value is -0.340. The highest BCUT2D eigenvalue weighted by atomic mass is 16.5. The molecule has 2 nitrogen and oxygen atoms in total. The summed E-state index contributed by atoms with van der Waals surface area (Å²) in [6, 6.07) is 0. The summed E-state index contributed by atoms with van der Waals surface area (Å²) < 4.78 is 5.37. The van der Waals surface area contributed by atoms with Crippen molar-refractivity contribution in [1.29, 1.82) is 0 Å². The standard InChI is InChI=1S/C8H17NO/c1-5-6-10-8(9-4)7(2)3/h5,7-9H,1,6H2,2-4H3. The van der Waals surface area contributed by atoms with Crippen LogP contribution in [0, 0.1) is 5.92 Å². The minimum absolute atomic E-state index is 0.151. The zero-order valence-electron chi connectivity index (χ0n) is 7.05. The lowest BCUT2D eigenvalue weighted by Crippen LogP contribution is -2.33. The predicted octanol–water partition coefficient (Wildman–Crippen LogP) is 1.39. The molecule has 0 saturated carbocycles. The van der Waals surface area contributed by atoms with Crippen LogP contribution in [-0.2, 0) is 4.74 Å². The topological polar surface area (TPSA) is 21.3 Å². The highest BCUT2D eigenvalue weighted by Gasteiger charge is 2.08. The van der Waals surface area contributed by atoms with Crippen LogP contribution in [0.1, 0.15) is 13.8 Å². The molecule has 0 amide bonds. The van der Waals surface area contributed by atoms with Crippen LogP contribution >= 0.6 is 0 Å². The molecule has 60 valence electrons. The van der Waals surface area contributed by atoms with Gasteiger partial charge in [-0.2, -0.15) is 0 Å². The minimum atomic E-state index is 0.151. The first kappa shape index (κ1) is 9.66. The van der Waals surface area contributed by atoms with E-state index in [1.54, 1.807) is 6.08 Å². The lowest BCUT2D eigenvalue weighted by Gasteiger charge is -2.19. The van der Waals surface area contributed by atoms with Gasteiger partial charge in [0.15, 0.2) is 0 Å². The van der Waals surface area contributed by atoms with Crippen molar-refractivity contribution in [3.8, 4) is 0 Å². The fourth-order valence-corrected chi connectivity index (χ4v) is 0.781. The molecule has 0 aliphatic carbocycles. The van der Waals surface area contributed by atoms with Crippen molar-refractivity contribution in [3.63, 3.8) is 0 Å². The molecule has 0 aliphatic heterocycles. The summed E-state index contributed by atoms with van der Waals surface area (Å²) in [6.07, 6.45) is 1.91. The summed E-state index contributed by atoms with van der Waals surface area (Å²) in [7, 11) is 1.90. The number of nitrogens with one attached hydrogen (secondary N) is 1. The zero-order chi connectivity index (χ0) is 7.98. The smallest absolute Gasteiger partial charge is 0.110 e. The Balaban J connectivity index is 3.49. The molecular formula is C8H17NO. The summed E-state index contributed by atoms with van der Waals surface area (Å²) in [4.78, 5) is 0. The third-order valence-corrected chi connectivity index (χ3v) is 1.28. The second kappa shape index (κ2) is 5.45. The Labute approximate surface area is 63.3 Å². The van der Waals surface area contributed by atoms with E-state index in [1.807, 2.05) is 7.05 Å². The van der Waals surface area contributed by atoms with Crippen LogP contribution in [0.15, 0.2) is 12.7 Å². The Morgan fingerprint density at radius 1 is 1.60 bits per heavy atom. The Morgan fingerprint density at radius 3 is 2.50 bits per heavy atom. The van der Waals surface area contributed by atoms with Gasteiger partial charge >= 0.3 is 0 Å². The van der Waals surface area contributed by atoms with Crippen LogP contribution in [0.25, 0.3) is 0 Å². The van der Waals surface area contributed by atoms with Crippen molar-refractivity contribution in [2.45, 2.75) is 20.1 Å². The first-order valence-corrected chi connectivity index (χ1v) is 3.62. The highest BCUT2D eigenvalue weighted by molar-refractivity contribution is 4.66. The van der Waals surface area contributed by atoms with Crippen LogP contribution in [-0.4, -0.2) is 19.9 Å². The Kier molecular flexibility index (Phi) is 5.26. The van der Waals surface area contributed by atoms with Gasteiger partial charge in [-0.15, -0.1) is 6.58 Å². The lowest BCUT2D eigenvalue weighted by molar-refractivity contribution is 0.0211. The normalized spacial score (nSPS) is 13.6. The SMILES string of the molecule is C=CCOC(NC)C(C)C. The van der Waals surface area contributed by atoms with Gasteiger partial charge in [0.25, 0.3) is 0 Å². The molecule has 0 bridgehead atoms. The molecule has 0 aromatic rings. The van der Waals surface area contributed by atoms with Crippen molar-refractivity contribution in [2.24, 2.45) is 5.92 Å². The molecule has 0 aliphatic rings. The predicted molar refractivity (Wildman–Crippen MR) is 43.8 cm³/mol. The van der Waals surface area contributed by atoms with Crippen molar-refractivity contribution in [3.05, 3.63) is 12.7 Å². The maximum absolute atomic E-state index is 5.37. The van der Waals surface area contributed by atoms with E-state index in [-0.39, 0.29) is 6.23 Å². The van der Waals surface area contributed by atoms with E-state index < -0.39 is 0 Å². The maximum Gasteiger partial charge on any atom is 0.110 e. The average Bonchev–Trinajstić information content (AvgIpc) is 1.89. The van der Waals surface area contributed by atoms with E-state index in [4.69, 9.17) is 4.74 Å². The molecule has 0 heterocycles. The molecule has 0 saturated heterocycles. The van der Waals surface area contributed by atoms with Gasteiger partial charge in [-0.05, 0) is 13.0 Å². The Morgan fingerprint density at radius 2 is 2.20 bits per heavy atom. The second-order valence-electron chi connectivity index (χ2n) is 2.58. The molecule has 0 spiro atoms. The summed E-state index contributed by atoms with van der Waals surface area (Å²) >= 11 is 0. The number of hydrogen-bond donors (Lipinski definition) is 1. The van der Waals surface area contributed by atoms with Crippen molar-refractivity contribution < 1.29 is 4.74 Å². The zero-order valence-corrected chi connectivity index (χ0v) is 7.05. The number of rotatable bonds is 5. The van der Waals surface area contributed by atoms with Crippen LogP contribution in [0.5, 0.6) is 0 Å². The first-order valence-electron chi connectivity index (χ1n) is 3.62. The van der Waals surface area contributed by atoms with Gasteiger partial charge in [-0.1, -0.05) is 19.9 Å². The summed E-state index contributed by atoms with van der Waals surface area (Å²) in [5, 5.41) is 3.07. The summed E-state index contributed by atoms with van der Waals surface area (Å²) in [6.45, 7) is 8.42. The summed E-state index contributed by atoms with van der Waals surface area (Å²) in [5.74, 6) is 0.505. The van der Waals surface area contributed by atoms with Crippen LogP contribution in [0.3, 0.4) is 0 Å². The fraction of sp³-hybridized carbons (Fsp3) is 0.750. The average molecular weight is 143 g/mol. The third kappa shape index (κ3) is 3.64. The molecule has 0 radical (unpaired) electrons. The highest BCUT2D eigenvalue weighted by Crippen LogP contribution is 2.01. The van der Waals surface area contributed by atoms with E-state index in [1.165, 1.54) is 0 Å². The fourth-order valence-electron chi connectivity index (χ4n) is 0.781. The molecule has 2 heteroatoms. The van der Waals surface area contributed by atoms with Gasteiger partial charge in [0.1, 0.15) is 6.23 Å². The van der Waals surface area contributed by atoms with E-state index >= 15 is 0 Å². The van der Waals surface area contributed by atoms with Gasteiger partial charge in [0, 0.05) is 0 Å². The molecule has 0 rings (SSSR count). The van der Waals surface area contributed by atoms with Gasteiger partial charge in [0.05, 0.1) is 6.61 Å². The molecule has 1 N–H and O–H groups in total. The van der Waals surface area contributed by atoms with Gasteiger partial charge in [-0.3, -0.25) is 5.32 Å². The molecule has 1 atom stereocenters. The minimum Gasteiger partial charge on any atom is -0.359 e. The van der Waals surface area contributed by atoms with E-state index in [9.17, 15) is 0 Å². The van der Waals surface area contributed by atoms with E-state index in [2.05, 4.69) is 25.7 Å². The van der Waals surface area contributed by atoms with Gasteiger partial charge in [0.2, 0.25) is 0 Å². The van der Waals surface area contributed by atoms with Crippen molar-refractivity contribution in [1.82, 2.24) is 5.32 Å². The lowest BCUT2D eigenvalue weighted by atomic mass is 10.2. The molecular weight excluding hydrogens is 126 g/mol.